The van der Waals surface area contributed by atoms with E-state index in [1.54, 1.807) is 23.1 Å². The number of methoxy groups -OCH3 is 1. The number of hydrogen-bond acceptors (Lipinski definition) is 6. The minimum Gasteiger partial charge on any atom is -0.497 e. The van der Waals surface area contributed by atoms with Gasteiger partial charge in [0, 0.05) is 33.1 Å². The maximum absolute atomic E-state index is 13.0. The van der Waals surface area contributed by atoms with E-state index < -0.39 is 6.10 Å². The topological polar surface area (TPSA) is 105 Å². The number of nitrogens with two attached hydrogens (primary N) is 1. The maximum Gasteiger partial charge on any atom is 0.257 e. The lowest BCUT2D eigenvalue weighted by Crippen LogP contribution is -2.38. The summed E-state index contributed by atoms with van der Waals surface area (Å²) in [5.74, 6) is 0.605. The molecule has 0 spiro atoms. The Hall–Kier alpha value is -2.32. The van der Waals surface area contributed by atoms with Crippen molar-refractivity contribution in [3.63, 3.8) is 0 Å². The summed E-state index contributed by atoms with van der Waals surface area (Å²) in [6.07, 6.45) is -0.118. The molecular formula is C18H27N3O5. The second-order valence-corrected chi connectivity index (χ2v) is 6.22. The molecule has 1 unspecified atom stereocenters. The smallest absolute Gasteiger partial charge is 0.257 e. The van der Waals surface area contributed by atoms with Crippen molar-refractivity contribution in [3.05, 3.63) is 23.8 Å². The molecule has 0 saturated carbocycles. The van der Waals surface area contributed by atoms with Crippen LogP contribution in [0.1, 0.15) is 23.7 Å². The van der Waals surface area contributed by atoms with Crippen LogP contribution in [0.2, 0.25) is 0 Å². The molecule has 8 nitrogen and oxygen atoms in total. The number of hydrogen-bond donors (Lipinski definition) is 2. The monoisotopic (exact) mass is 365 g/mol. The number of nitrogens with zero attached hydrogens (tertiary/aromatic N) is 2. The predicted molar refractivity (Wildman–Crippen MR) is 96.3 cm³/mol. The Bertz CT molecular complexity index is 637. The summed E-state index contributed by atoms with van der Waals surface area (Å²) in [4.78, 5) is 27.7. The molecule has 1 heterocycles. The molecule has 0 aromatic heterocycles. The summed E-state index contributed by atoms with van der Waals surface area (Å²) in [6.45, 7) is 3.46. The quantitative estimate of drug-likeness (QED) is 0.692. The zero-order valence-corrected chi connectivity index (χ0v) is 15.3. The number of aliphatic hydroxyl groups is 1. The fourth-order valence-electron chi connectivity index (χ4n) is 2.83. The first-order valence-corrected chi connectivity index (χ1v) is 8.70. The van der Waals surface area contributed by atoms with Crippen LogP contribution in [0.15, 0.2) is 18.2 Å². The average molecular weight is 365 g/mol. The molecule has 1 atom stereocenters. The van der Waals surface area contributed by atoms with Gasteiger partial charge in [0.1, 0.15) is 11.5 Å². The van der Waals surface area contributed by atoms with Crippen LogP contribution in [-0.4, -0.2) is 79.3 Å². The molecule has 3 N–H and O–H groups in total. The van der Waals surface area contributed by atoms with Gasteiger partial charge in [0.15, 0.2) is 0 Å². The third-order valence-electron chi connectivity index (χ3n) is 4.26. The van der Waals surface area contributed by atoms with Gasteiger partial charge in [-0.2, -0.15) is 0 Å². The SMILES string of the molecule is COc1ccc(OCCCN)c(C(=O)N2CCN(C(C)=O)CC(O)C2)c1. The number of rotatable bonds is 6. The van der Waals surface area contributed by atoms with Gasteiger partial charge in [0.25, 0.3) is 5.91 Å². The Morgan fingerprint density at radius 1 is 1.27 bits per heavy atom. The number of carbonyl (C=O) groups is 2. The zero-order valence-electron chi connectivity index (χ0n) is 15.3. The molecule has 0 radical (unpaired) electrons. The fourth-order valence-corrected chi connectivity index (χ4v) is 2.83. The van der Waals surface area contributed by atoms with Crippen molar-refractivity contribution in [2.24, 2.45) is 5.73 Å². The molecule has 2 rings (SSSR count). The predicted octanol–water partition coefficient (Wildman–Crippen LogP) is 0.0880. The van der Waals surface area contributed by atoms with Gasteiger partial charge >= 0.3 is 0 Å². The van der Waals surface area contributed by atoms with Crippen LogP contribution < -0.4 is 15.2 Å². The molecule has 1 saturated heterocycles. The van der Waals surface area contributed by atoms with Crippen molar-refractivity contribution in [1.82, 2.24) is 9.80 Å². The fraction of sp³-hybridized carbons (Fsp3) is 0.556. The molecule has 1 aliphatic rings. The molecule has 8 heteroatoms. The third kappa shape index (κ3) is 5.09. The van der Waals surface area contributed by atoms with E-state index in [1.807, 2.05) is 0 Å². The van der Waals surface area contributed by atoms with Gasteiger partial charge in [-0.3, -0.25) is 9.59 Å². The lowest BCUT2D eigenvalue weighted by Gasteiger charge is -2.23. The Morgan fingerprint density at radius 2 is 1.96 bits per heavy atom. The van der Waals surface area contributed by atoms with Crippen molar-refractivity contribution in [1.29, 1.82) is 0 Å². The second-order valence-electron chi connectivity index (χ2n) is 6.22. The Morgan fingerprint density at radius 3 is 2.62 bits per heavy atom. The number of carbonyl (C=O) groups excluding carboxylic acids is 2. The van der Waals surface area contributed by atoms with Crippen molar-refractivity contribution in [2.75, 3.05) is 46.4 Å². The summed E-state index contributed by atoms with van der Waals surface area (Å²) < 4.78 is 10.9. The van der Waals surface area contributed by atoms with Gasteiger partial charge < -0.3 is 30.1 Å². The zero-order chi connectivity index (χ0) is 19.1. The highest BCUT2D eigenvalue weighted by atomic mass is 16.5. The van der Waals surface area contributed by atoms with E-state index in [0.717, 1.165) is 0 Å². The normalized spacial score (nSPS) is 17.6. The van der Waals surface area contributed by atoms with E-state index in [1.165, 1.54) is 18.9 Å². The van der Waals surface area contributed by atoms with Crippen molar-refractivity contribution >= 4 is 11.8 Å². The minimum atomic E-state index is -0.794. The van der Waals surface area contributed by atoms with E-state index in [-0.39, 0.29) is 24.9 Å². The van der Waals surface area contributed by atoms with Gasteiger partial charge in [0.2, 0.25) is 5.91 Å². The molecule has 0 bridgehead atoms. The molecule has 1 fully saturated rings. The minimum absolute atomic E-state index is 0.120. The molecule has 0 aliphatic carbocycles. The Kier molecular flexibility index (Phi) is 7.23. The molecule has 2 amide bonds. The van der Waals surface area contributed by atoms with Crippen LogP contribution in [0.5, 0.6) is 11.5 Å². The molecular weight excluding hydrogens is 338 g/mol. The van der Waals surface area contributed by atoms with Gasteiger partial charge in [-0.1, -0.05) is 0 Å². The van der Waals surface area contributed by atoms with E-state index >= 15 is 0 Å². The molecule has 1 aromatic carbocycles. The van der Waals surface area contributed by atoms with Gasteiger partial charge in [0.05, 0.1) is 25.4 Å². The summed E-state index contributed by atoms with van der Waals surface area (Å²) in [7, 11) is 1.53. The van der Waals surface area contributed by atoms with Crippen LogP contribution in [0.4, 0.5) is 0 Å². The van der Waals surface area contributed by atoms with E-state index in [9.17, 15) is 14.7 Å². The summed E-state index contributed by atoms with van der Waals surface area (Å²) in [5.41, 5.74) is 5.85. The highest BCUT2D eigenvalue weighted by molar-refractivity contribution is 5.97. The standard InChI is InChI=1S/C18H27N3O5/c1-13(22)20-7-8-21(12-14(23)11-20)18(24)16-10-15(25-2)4-5-17(16)26-9-3-6-19/h4-5,10,14,23H,3,6-9,11-12,19H2,1-2H3. The van der Waals surface area contributed by atoms with Crippen molar-refractivity contribution < 1.29 is 24.2 Å². The summed E-state index contributed by atoms with van der Waals surface area (Å²) in [5, 5.41) is 10.2. The van der Waals surface area contributed by atoms with Crippen molar-refractivity contribution in [3.8, 4) is 11.5 Å². The Labute approximate surface area is 153 Å². The van der Waals surface area contributed by atoms with Crippen LogP contribution in [0, 0.1) is 0 Å². The summed E-state index contributed by atoms with van der Waals surface area (Å²) in [6, 6.07) is 5.04. The second kappa shape index (κ2) is 9.40. The van der Waals surface area contributed by atoms with Crippen LogP contribution in [0.3, 0.4) is 0 Å². The highest BCUT2D eigenvalue weighted by Crippen LogP contribution is 2.26. The summed E-state index contributed by atoms with van der Waals surface area (Å²) >= 11 is 0. The average Bonchev–Trinajstić information content (AvgIpc) is 2.83. The van der Waals surface area contributed by atoms with Crippen LogP contribution in [0.25, 0.3) is 0 Å². The van der Waals surface area contributed by atoms with Crippen molar-refractivity contribution in [2.45, 2.75) is 19.4 Å². The molecule has 26 heavy (non-hydrogen) atoms. The number of ether oxygens (including phenoxy) is 2. The first kappa shape index (κ1) is 20.0. The van der Waals surface area contributed by atoms with Crippen LogP contribution in [-0.2, 0) is 4.79 Å². The number of amides is 2. The highest BCUT2D eigenvalue weighted by Gasteiger charge is 2.28. The Balaban J connectivity index is 2.22. The first-order valence-electron chi connectivity index (χ1n) is 8.70. The first-order chi connectivity index (χ1) is 12.5. The molecule has 144 valence electrons. The number of β-amino-alcohol motifs (C(OH)–C–C–N with tert-alkyl or cyclic N) is 1. The lowest BCUT2D eigenvalue weighted by atomic mass is 10.1. The third-order valence-corrected chi connectivity index (χ3v) is 4.26. The molecule has 1 aliphatic heterocycles. The van der Waals surface area contributed by atoms with E-state index in [4.69, 9.17) is 15.2 Å². The maximum atomic E-state index is 13.0. The van der Waals surface area contributed by atoms with E-state index in [0.29, 0.717) is 49.7 Å². The van der Waals surface area contributed by atoms with Gasteiger partial charge in [-0.25, -0.2) is 0 Å². The van der Waals surface area contributed by atoms with Crippen LogP contribution >= 0.6 is 0 Å². The number of aliphatic hydroxyl groups excluding tert-OH is 1. The van der Waals surface area contributed by atoms with Gasteiger partial charge in [-0.15, -0.1) is 0 Å². The number of benzene rings is 1. The largest absolute Gasteiger partial charge is 0.497 e. The van der Waals surface area contributed by atoms with E-state index in [2.05, 4.69) is 0 Å². The van der Waals surface area contributed by atoms with Gasteiger partial charge in [-0.05, 0) is 31.2 Å². The lowest BCUT2D eigenvalue weighted by molar-refractivity contribution is -0.129. The molecule has 1 aromatic rings.